The summed E-state index contributed by atoms with van der Waals surface area (Å²) < 4.78 is 0. The molecule has 3 N–H and O–H groups in total. The van der Waals surface area contributed by atoms with Crippen LogP contribution in [0, 0.1) is 0 Å². The Morgan fingerprint density at radius 3 is 2.61 bits per heavy atom. The summed E-state index contributed by atoms with van der Waals surface area (Å²) in [6.07, 6.45) is 2.59. The van der Waals surface area contributed by atoms with Crippen LogP contribution >= 0.6 is 23.2 Å². The highest BCUT2D eigenvalue weighted by Crippen LogP contribution is 2.25. The van der Waals surface area contributed by atoms with Gasteiger partial charge in [-0.15, -0.1) is 0 Å². The number of nitrogen functional groups attached to an aromatic ring is 1. The van der Waals surface area contributed by atoms with Gasteiger partial charge in [-0.1, -0.05) is 23.2 Å². The van der Waals surface area contributed by atoms with E-state index in [1.807, 2.05) is 0 Å². The maximum atomic E-state index is 11.8. The molecule has 0 aliphatic rings. The number of benzene rings is 1. The van der Waals surface area contributed by atoms with E-state index >= 15 is 0 Å². The molecular formula is C11H8Cl2N4O. The first-order valence-corrected chi connectivity index (χ1v) is 5.66. The molecule has 0 aliphatic carbocycles. The number of carbonyl (C=O) groups excluding carboxylic acids is 1. The fraction of sp³-hybridized carbons (Fsp3) is 0. The van der Waals surface area contributed by atoms with E-state index in [1.165, 1.54) is 18.5 Å². The molecule has 0 unspecified atom stereocenters. The third-order valence-corrected chi connectivity index (χ3v) is 2.63. The number of nitrogens with zero attached hydrogens (tertiary/aromatic N) is 2. The zero-order valence-electron chi connectivity index (χ0n) is 9.02. The highest BCUT2D eigenvalue weighted by atomic mass is 35.5. The quantitative estimate of drug-likeness (QED) is 0.887. The van der Waals surface area contributed by atoms with Crippen LogP contribution in [-0.4, -0.2) is 15.9 Å². The molecule has 0 aliphatic heterocycles. The van der Waals surface area contributed by atoms with Crippen molar-refractivity contribution in [2.45, 2.75) is 0 Å². The summed E-state index contributed by atoms with van der Waals surface area (Å²) >= 11 is 11.7. The maximum absolute atomic E-state index is 11.8. The minimum Gasteiger partial charge on any atom is -0.382 e. The van der Waals surface area contributed by atoms with Gasteiger partial charge in [0.1, 0.15) is 11.5 Å². The summed E-state index contributed by atoms with van der Waals surface area (Å²) in [5.41, 5.74) is 5.98. The van der Waals surface area contributed by atoms with Crippen LogP contribution in [0.2, 0.25) is 10.0 Å². The summed E-state index contributed by atoms with van der Waals surface area (Å²) in [4.78, 5) is 19.4. The molecule has 0 atom stereocenters. The van der Waals surface area contributed by atoms with E-state index in [-0.39, 0.29) is 11.5 Å². The lowest BCUT2D eigenvalue weighted by Crippen LogP contribution is -2.14. The topological polar surface area (TPSA) is 80.9 Å². The number of amides is 1. The van der Waals surface area contributed by atoms with Crippen LogP contribution < -0.4 is 11.1 Å². The van der Waals surface area contributed by atoms with E-state index < -0.39 is 5.91 Å². The van der Waals surface area contributed by atoms with Crippen molar-refractivity contribution < 1.29 is 4.79 Å². The maximum Gasteiger partial charge on any atom is 0.275 e. The van der Waals surface area contributed by atoms with Crippen LogP contribution in [0.1, 0.15) is 10.5 Å². The summed E-state index contributed by atoms with van der Waals surface area (Å²) in [7, 11) is 0. The second-order valence-corrected chi connectivity index (χ2v) is 4.25. The number of halogens is 2. The largest absolute Gasteiger partial charge is 0.382 e. The van der Waals surface area contributed by atoms with Gasteiger partial charge in [-0.05, 0) is 18.2 Å². The number of hydrogen-bond acceptors (Lipinski definition) is 4. The van der Waals surface area contributed by atoms with Crippen molar-refractivity contribution in [2.75, 3.05) is 11.1 Å². The van der Waals surface area contributed by atoms with E-state index in [4.69, 9.17) is 28.9 Å². The Morgan fingerprint density at radius 2 is 2.00 bits per heavy atom. The second kappa shape index (κ2) is 5.20. The van der Waals surface area contributed by atoms with Crippen LogP contribution in [0.4, 0.5) is 11.5 Å². The highest BCUT2D eigenvalue weighted by molar-refractivity contribution is 6.36. The van der Waals surface area contributed by atoms with Gasteiger partial charge in [0, 0.05) is 5.02 Å². The molecule has 5 nitrogen and oxygen atoms in total. The number of nitrogens with one attached hydrogen (secondary N) is 1. The molecule has 1 aromatic carbocycles. The molecule has 7 heteroatoms. The van der Waals surface area contributed by atoms with Gasteiger partial charge < -0.3 is 11.1 Å². The van der Waals surface area contributed by atoms with Crippen LogP contribution in [0.25, 0.3) is 0 Å². The van der Waals surface area contributed by atoms with Gasteiger partial charge >= 0.3 is 0 Å². The molecule has 0 fully saturated rings. The van der Waals surface area contributed by atoms with Gasteiger partial charge in [-0.2, -0.15) is 0 Å². The predicted octanol–water partition coefficient (Wildman–Crippen LogP) is 2.62. The first-order valence-electron chi connectivity index (χ1n) is 4.90. The zero-order valence-corrected chi connectivity index (χ0v) is 10.5. The Bertz CT molecular complexity index is 586. The lowest BCUT2D eigenvalue weighted by molar-refractivity contribution is 0.102. The molecule has 18 heavy (non-hydrogen) atoms. The Morgan fingerprint density at radius 1 is 1.22 bits per heavy atom. The number of aromatic nitrogens is 2. The Kier molecular flexibility index (Phi) is 3.64. The molecule has 2 rings (SSSR count). The predicted molar refractivity (Wildman–Crippen MR) is 70.9 cm³/mol. The minimum atomic E-state index is -0.424. The van der Waals surface area contributed by atoms with Crippen molar-refractivity contribution in [3.8, 4) is 0 Å². The Labute approximate surface area is 113 Å². The lowest BCUT2D eigenvalue weighted by atomic mass is 10.3. The molecule has 92 valence electrons. The molecule has 0 saturated heterocycles. The smallest absolute Gasteiger partial charge is 0.275 e. The first-order chi connectivity index (χ1) is 8.56. The summed E-state index contributed by atoms with van der Waals surface area (Å²) in [5.74, 6) is -0.178. The summed E-state index contributed by atoms with van der Waals surface area (Å²) in [6, 6.07) is 4.76. The standard InChI is InChI=1S/C11H8Cl2N4O/c12-6-1-2-8(7(13)3-6)17-11(18)9-4-16-10(14)5-15-9/h1-5H,(H2,14,16)(H,17,18). The Balaban J connectivity index is 2.18. The average Bonchev–Trinajstić information content (AvgIpc) is 2.33. The number of anilines is 2. The first kappa shape index (κ1) is 12.6. The molecule has 2 aromatic rings. The van der Waals surface area contributed by atoms with Crippen molar-refractivity contribution in [3.05, 3.63) is 46.3 Å². The van der Waals surface area contributed by atoms with E-state index in [0.717, 1.165) is 0 Å². The van der Waals surface area contributed by atoms with Crippen molar-refractivity contribution in [2.24, 2.45) is 0 Å². The number of nitrogens with two attached hydrogens (primary N) is 1. The minimum absolute atomic E-state index is 0.148. The van der Waals surface area contributed by atoms with E-state index in [2.05, 4.69) is 15.3 Å². The van der Waals surface area contributed by atoms with Gasteiger partial charge in [-0.25, -0.2) is 9.97 Å². The molecule has 0 saturated carbocycles. The molecule has 1 aromatic heterocycles. The third-order valence-electron chi connectivity index (χ3n) is 2.08. The normalized spacial score (nSPS) is 10.1. The highest BCUT2D eigenvalue weighted by Gasteiger charge is 2.10. The SMILES string of the molecule is Nc1cnc(C(=O)Nc2ccc(Cl)cc2Cl)cn1. The van der Waals surface area contributed by atoms with Gasteiger partial charge in [-0.3, -0.25) is 4.79 Å². The van der Waals surface area contributed by atoms with Crippen molar-refractivity contribution in [1.29, 1.82) is 0 Å². The van der Waals surface area contributed by atoms with Crippen LogP contribution in [0.3, 0.4) is 0 Å². The number of hydrogen-bond donors (Lipinski definition) is 2. The summed E-state index contributed by atoms with van der Waals surface area (Å²) in [6.45, 7) is 0. The van der Waals surface area contributed by atoms with Gasteiger partial charge in [0.2, 0.25) is 0 Å². The van der Waals surface area contributed by atoms with Gasteiger partial charge in [0.25, 0.3) is 5.91 Å². The monoisotopic (exact) mass is 282 g/mol. The van der Waals surface area contributed by atoms with Crippen molar-refractivity contribution >= 4 is 40.6 Å². The molecule has 0 spiro atoms. The summed E-state index contributed by atoms with van der Waals surface area (Å²) in [5, 5.41) is 3.44. The second-order valence-electron chi connectivity index (χ2n) is 3.40. The van der Waals surface area contributed by atoms with Crippen LogP contribution in [0.15, 0.2) is 30.6 Å². The lowest BCUT2D eigenvalue weighted by Gasteiger charge is -2.06. The third kappa shape index (κ3) is 2.88. The average molecular weight is 283 g/mol. The zero-order chi connectivity index (χ0) is 13.1. The van der Waals surface area contributed by atoms with Crippen molar-refractivity contribution in [3.63, 3.8) is 0 Å². The van der Waals surface area contributed by atoms with Gasteiger partial charge in [0.05, 0.1) is 23.1 Å². The van der Waals surface area contributed by atoms with Gasteiger partial charge in [0.15, 0.2) is 0 Å². The fourth-order valence-corrected chi connectivity index (χ4v) is 1.69. The molecule has 1 heterocycles. The van der Waals surface area contributed by atoms with E-state index in [9.17, 15) is 4.79 Å². The van der Waals surface area contributed by atoms with Crippen LogP contribution in [-0.2, 0) is 0 Å². The Hall–Kier alpha value is -1.85. The fourth-order valence-electron chi connectivity index (χ4n) is 1.23. The molecule has 0 bridgehead atoms. The van der Waals surface area contributed by atoms with E-state index in [0.29, 0.717) is 15.7 Å². The van der Waals surface area contributed by atoms with E-state index in [1.54, 1.807) is 12.1 Å². The molecule has 0 radical (unpaired) electrons. The number of rotatable bonds is 2. The van der Waals surface area contributed by atoms with Crippen LogP contribution in [0.5, 0.6) is 0 Å². The molecule has 1 amide bonds. The van der Waals surface area contributed by atoms with Crippen molar-refractivity contribution in [1.82, 2.24) is 9.97 Å². The molecular weight excluding hydrogens is 275 g/mol. The number of carbonyl (C=O) groups is 1.